The van der Waals surface area contributed by atoms with Gasteiger partial charge in [0.1, 0.15) is 18.0 Å². The summed E-state index contributed by atoms with van der Waals surface area (Å²) in [5.41, 5.74) is 1.27. The van der Waals surface area contributed by atoms with Gasteiger partial charge in [-0.2, -0.15) is 0 Å². The van der Waals surface area contributed by atoms with Crippen molar-refractivity contribution in [3.63, 3.8) is 0 Å². The molecule has 0 bridgehead atoms. The first kappa shape index (κ1) is 14.1. The second-order valence-corrected chi connectivity index (χ2v) is 5.71. The van der Waals surface area contributed by atoms with E-state index in [1.165, 1.54) is 18.4 Å². The van der Waals surface area contributed by atoms with Gasteiger partial charge in [-0.25, -0.2) is 9.97 Å². The number of nitrogens with one attached hydrogen (secondary N) is 1. The smallest absolute Gasteiger partial charge is 0.137 e. The molecular formula is C15H26N4. The van der Waals surface area contributed by atoms with Gasteiger partial charge in [-0.05, 0) is 32.1 Å². The monoisotopic (exact) mass is 262 g/mol. The molecule has 106 valence electrons. The largest absolute Gasteiger partial charge is 0.373 e. The fourth-order valence-corrected chi connectivity index (χ4v) is 2.93. The number of anilines is 2. The Morgan fingerprint density at radius 2 is 2.11 bits per heavy atom. The maximum atomic E-state index is 4.59. The molecule has 1 aliphatic rings. The molecule has 0 spiro atoms. The summed E-state index contributed by atoms with van der Waals surface area (Å²) in [7, 11) is 1.94. The van der Waals surface area contributed by atoms with Gasteiger partial charge in [0.2, 0.25) is 0 Å². The Kier molecular flexibility index (Phi) is 4.61. The van der Waals surface area contributed by atoms with Crippen LogP contribution >= 0.6 is 0 Å². The number of aromatic nitrogens is 2. The summed E-state index contributed by atoms with van der Waals surface area (Å²) in [5.74, 6) is 2.87. The third kappa shape index (κ3) is 2.99. The first-order valence-corrected chi connectivity index (χ1v) is 7.45. The Balaban J connectivity index is 2.36. The summed E-state index contributed by atoms with van der Waals surface area (Å²) in [5, 5.41) is 3.21. The molecule has 0 aliphatic carbocycles. The van der Waals surface area contributed by atoms with Crippen molar-refractivity contribution in [2.45, 2.75) is 52.5 Å². The minimum absolute atomic E-state index is 0.575. The standard InChI is InChI=1S/C15H26N4/c1-5-6-13-14(16-4)17-10-18-15(13)19-9-11(2)7-8-12(19)3/h10-12H,5-9H2,1-4H3,(H,16,17,18). The van der Waals surface area contributed by atoms with Crippen molar-refractivity contribution in [3.05, 3.63) is 11.9 Å². The van der Waals surface area contributed by atoms with Crippen molar-refractivity contribution in [3.8, 4) is 0 Å². The Labute approximate surface area is 116 Å². The van der Waals surface area contributed by atoms with Gasteiger partial charge in [0.25, 0.3) is 0 Å². The maximum Gasteiger partial charge on any atom is 0.137 e. The zero-order valence-electron chi connectivity index (χ0n) is 12.6. The molecule has 0 radical (unpaired) electrons. The van der Waals surface area contributed by atoms with Crippen molar-refractivity contribution in [2.24, 2.45) is 5.92 Å². The maximum absolute atomic E-state index is 4.59. The van der Waals surface area contributed by atoms with E-state index in [4.69, 9.17) is 0 Å². The molecule has 0 saturated carbocycles. The van der Waals surface area contributed by atoms with E-state index >= 15 is 0 Å². The lowest BCUT2D eigenvalue weighted by atomic mass is 9.94. The lowest BCUT2D eigenvalue weighted by molar-refractivity contribution is 0.387. The van der Waals surface area contributed by atoms with Gasteiger partial charge in [-0.3, -0.25) is 0 Å². The van der Waals surface area contributed by atoms with Crippen LogP contribution in [0.3, 0.4) is 0 Å². The fourth-order valence-electron chi connectivity index (χ4n) is 2.93. The molecule has 4 nitrogen and oxygen atoms in total. The van der Waals surface area contributed by atoms with Crippen LogP contribution in [0.15, 0.2) is 6.33 Å². The second kappa shape index (κ2) is 6.22. The number of hydrogen-bond acceptors (Lipinski definition) is 4. The molecule has 1 fully saturated rings. The fraction of sp³-hybridized carbons (Fsp3) is 0.733. The van der Waals surface area contributed by atoms with Crippen molar-refractivity contribution in [1.29, 1.82) is 0 Å². The highest BCUT2D eigenvalue weighted by Gasteiger charge is 2.26. The summed E-state index contributed by atoms with van der Waals surface area (Å²) in [4.78, 5) is 11.4. The first-order chi connectivity index (χ1) is 9.17. The summed E-state index contributed by atoms with van der Waals surface area (Å²) < 4.78 is 0. The van der Waals surface area contributed by atoms with Gasteiger partial charge < -0.3 is 10.2 Å². The molecule has 2 unspecified atom stereocenters. The molecule has 1 N–H and O–H groups in total. The van der Waals surface area contributed by atoms with Gasteiger partial charge in [0, 0.05) is 25.2 Å². The van der Waals surface area contributed by atoms with E-state index in [-0.39, 0.29) is 0 Å². The van der Waals surface area contributed by atoms with E-state index in [9.17, 15) is 0 Å². The van der Waals surface area contributed by atoms with Gasteiger partial charge in [-0.15, -0.1) is 0 Å². The van der Waals surface area contributed by atoms with E-state index < -0.39 is 0 Å². The topological polar surface area (TPSA) is 41.1 Å². The van der Waals surface area contributed by atoms with Crippen molar-refractivity contribution >= 4 is 11.6 Å². The zero-order valence-corrected chi connectivity index (χ0v) is 12.6. The van der Waals surface area contributed by atoms with E-state index in [0.29, 0.717) is 6.04 Å². The predicted molar refractivity (Wildman–Crippen MR) is 80.8 cm³/mol. The van der Waals surface area contributed by atoms with E-state index in [2.05, 4.69) is 41.0 Å². The third-order valence-corrected chi connectivity index (χ3v) is 4.05. The molecule has 1 aliphatic heterocycles. The van der Waals surface area contributed by atoms with E-state index in [1.807, 2.05) is 7.05 Å². The summed E-state index contributed by atoms with van der Waals surface area (Å²) in [6.07, 6.45) is 6.42. The van der Waals surface area contributed by atoms with Crippen LogP contribution in [0.2, 0.25) is 0 Å². The predicted octanol–water partition coefficient (Wildman–Crippen LogP) is 3.10. The molecular weight excluding hydrogens is 236 g/mol. The number of rotatable bonds is 4. The Morgan fingerprint density at radius 3 is 2.79 bits per heavy atom. The van der Waals surface area contributed by atoms with Crippen LogP contribution in [0, 0.1) is 5.92 Å². The van der Waals surface area contributed by atoms with Crippen LogP contribution in [-0.2, 0) is 6.42 Å². The minimum Gasteiger partial charge on any atom is -0.373 e. The molecule has 1 saturated heterocycles. The summed E-state index contributed by atoms with van der Waals surface area (Å²) in [6, 6.07) is 0.575. The molecule has 1 aromatic heterocycles. The van der Waals surface area contributed by atoms with E-state index in [0.717, 1.165) is 36.9 Å². The van der Waals surface area contributed by atoms with Gasteiger partial charge in [0.15, 0.2) is 0 Å². The molecule has 2 atom stereocenters. The summed E-state index contributed by atoms with van der Waals surface area (Å²) >= 11 is 0. The molecule has 4 heteroatoms. The highest BCUT2D eigenvalue weighted by atomic mass is 15.2. The van der Waals surface area contributed by atoms with Crippen LogP contribution in [0.4, 0.5) is 11.6 Å². The average Bonchev–Trinajstić information content (AvgIpc) is 2.42. The SMILES string of the molecule is CCCc1c(NC)ncnc1N1CC(C)CCC1C. The minimum atomic E-state index is 0.575. The van der Waals surface area contributed by atoms with Crippen molar-refractivity contribution < 1.29 is 0 Å². The van der Waals surface area contributed by atoms with Crippen LogP contribution < -0.4 is 10.2 Å². The van der Waals surface area contributed by atoms with Crippen LogP contribution in [0.1, 0.15) is 45.6 Å². The molecule has 2 rings (SSSR count). The lowest BCUT2D eigenvalue weighted by Crippen LogP contribution is -2.42. The molecule has 0 aromatic carbocycles. The van der Waals surface area contributed by atoms with E-state index in [1.54, 1.807) is 6.33 Å². The zero-order chi connectivity index (χ0) is 13.8. The van der Waals surface area contributed by atoms with Gasteiger partial charge in [0.05, 0.1) is 0 Å². The van der Waals surface area contributed by atoms with Gasteiger partial charge in [-0.1, -0.05) is 20.3 Å². The van der Waals surface area contributed by atoms with Crippen molar-refractivity contribution in [1.82, 2.24) is 9.97 Å². The Bertz CT molecular complexity index is 419. The average molecular weight is 262 g/mol. The highest BCUT2D eigenvalue weighted by Crippen LogP contribution is 2.31. The Hall–Kier alpha value is -1.32. The number of nitrogens with zero attached hydrogens (tertiary/aromatic N) is 3. The lowest BCUT2D eigenvalue weighted by Gasteiger charge is -2.38. The molecule has 19 heavy (non-hydrogen) atoms. The molecule has 1 aromatic rings. The van der Waals surface area contributed by atoms with Crippen molar-refractivity contribution in [2.75, 3.05) is 23.8 Å². The number of hydrogen-bond donors (Lipinski definition) is 1. The third-order valence-electron chi connectivity index (χ3n) is 4.05. The van der Waals surface area contributed by atoms with Crippen LogP contribution in [-0.4, -0.2) is 29.6 Å². The normalized spacial score (nSPS) is 23.5. The van der Waals surface area contributed by atoms with Crippen LogP contribution in [0.5, 0.6) is 0 Å². The van der Waals surface area contributed by atoms with Crippen LogP contribution in [0.25, 0.3) is 0 Å². The number of piperidine rings is 1. The van der Waals surface area contributed by atoms with Gasteiger partial charge >= 0.3 is 0 Å². The molecule has 0 amide bonds. The molecule has 2 heterocycles. The first-order valence-electron chi connectivity index (χ1n) is 7.45. The second-order valence-electron chi connectivity index (χ2n) is 5.71. The Morgan fingerprint density at radius 1 is 1.32 bits per heavy atom. The quantitative estimate of drug-likeness (QED) is 0.905. The summed E-state index contributed by atoms with van der Waals surface area (Å²) in [6.45, 7) is 7.96. The highest BCUT2D eigenvalue weighted by molar-refractivity contribution is 5.59.